The number of halogens is 1. The van der Waals surface area contributed by atoms with Gasteiger partial charge in [-0.05, 0) is 51.0 Å². The van der Waals surface area contributed by atoms with E-state index in [0.29, 0.717) is 11.3 Å². The Kier molecular flexibility index (Phi) is 4.73. The maximum absolute atomic E-state index is 12.5. The Morgan fingerprint density at radius 2 is 1.90 bits per heavy atom. The molecule has 1 aromatic carbocycles. The van der Waals surface area contributed by atoms with Crippen molar-refractivity contribution >= 4 is 17.5 Å². The van der Waals surface area contributed by atoms with Crippen LogP contribution in [0, 0.1) is 13.8 Å². The van der Waals surface area contributed by atoms with Crippen LogP contribution in [0.2, 0.25) is 5.02 Å². The standard InChI is InChI=1S/C17H20ClNO2/c1-11(9-14-5-7-15(18)8-6-14)19(4)17(20)16-10-12(2)21-13(16)3/h5-8,10-11H,9H2,1-4H3. The summed E-state index contributed by atoms with van der Waals surface area (Å²) in [6.45, 7) is 5.70. The van der Waals surface area contributed by atoms with Crippen LogP contribution in [0.4, 0.5) is 0 Å². The number of furan rings is 1. The van der Waals surface area contributed by atoms with Crippen molar-refractivity contribution in [3.63, 3.8) is 0 Å². The van der Waals surface area contributed by atoms with Gasteiger partial charge in [-0.1, -0.05) is 23.7 Å². The van der Waals surface area contributed by atoms with Gasteiger partial charge in [0.2, 0.25) is 0 Å². The topological polar surface area (TPSA) is 33.5 Å². The van der Waals surface area contributed by atoms with Gasteiger partial charge in [-0.15, -0.1) is 0 Å². The Bertz CT molecular complexity index is 631. The number of hydrogen-bond donors (Lipinski definition) is 0. The summed E-state index contributed by atoms with van der Waals surface area (Å²) in [6.07, 6.45) is 0.787. The lowest BCUT2D eigenvalue weighted by molar-refractivity contribution is 0.0741. The Hall–Kier alpha value is -1.74. The summed E-state index contributed by atoms with van der Waals surface area (Å²) in [5.74, 6) is 1.42. The molecule has 0 bridgehead atoms. The average Bonchev–Trinajstić information content (AvgIpc) is 2.78. The molecule has 2 aromatic rings. The molecular formula is C17H20ClNO2. The van der Waals surface area contributed by atoms with Crippen LogP contribution in [0.25, 0.3) is 0 Å². The molecule has 1 amide bonds. The van der Waals surface area contributed by atoms with Crippen LogP contribution >= 0.6 is 11.6 Å². The number of rotatable bonds is 4. The average molecular weight is 306 g/mol. The molecule has 0 N–H and O–H groups in total. The van der Waals surface area contributed by atoms with Gasteiger partial charge < -0.3 is 9.32 Å². The second-order valence-electron chi connectivity index (χ2n) is 5.42. The fourth-order valence-electron chi connectivity index (χ4n) is 2.33. The minimum Gasteiger partial charge on any atom is -0.466 e. The van der Waals surface area contributed by atoms with Crippen LogP contribution in [0.5, 0.6) is 0 Å². The van der Waals surface area contributed by atoms with Crippen LogP contribution in [0.1, 0.15) is 34.4 Å². The highest BCUT2D eigenvalue weighted by Crippen LogP contribution is 2.18. The van der Waals surface area contributed by atoms with E-state index in [1.807, 2.05) is 52.1 Å². The lowest BCUT2D eigenvalue weighted by Gasteiger charge is -2.25. The quantitative estimate of drug-likeness (QED) is 0.846. The molecule has 0 saturated carbocycles. The van der Waals surface area contributed by atoms with Gasteiger partial charge in [0.25, 0.3) is 5.91 Å². The maximum atomic E-state index is 12.5. The Morgan fingerprint density at radius 3 is 2.43 bits per heavy atom. The van der Waals surface area contributed by atoms with E-state index in [-0.39, 0.29) is 11.9 Å². The van der Waals surface area contributed by atoms with Crippen molar-refractivity contribution < 1.29 is 9.21 Å². The lowest BCUT2D eigenvalue weighted by atomic mass is 10.1. The van der Waals surface area contributed by atoms with Crippen molar-refractivity contribution in [2.24, 2.45) is 0 Å². The first-order valence-electron chi connectivity index (χ1n) is 6.97. The first-order chi connectivity index (χ1) is 9.88. The molecule has 0 aliphatic carbocycles. The smallest absolute Gasteiger partial charge is 0.257 e. The van der Waals surface area contributed by atoms with Crippen molar-refractivity contribution in [1.82, 2.24) is 4.90 Å². The van der Waals surface area contributed by atoms with Crippen molar-refractivity contribution in [1.29, 1.82) is 0 Å². The van der Waals surface area contributed by atoms with Gasteiger partial charge >= 0.3 is 0 Å². The highest BCUT2D eigenvalue weighted by Gasteiger charge is 2.21. The van der Waals surface area contributed by atoms with Gasteiger partial charge in [-0.3, -0.25) is 4.79 Å². The summed E-state index contributed by atoms with van der Waals surface area (Å²) in [5.41, 5.74) is 1.80. The fraction of sp³-hybridized carbons (Fsp3) is 0.353. The van der Waals surface area contributed by atoms with Gasteiger partial charge in [0.05, 0.1) is 5.56 Å². The molecule has 1 unspecified atom stereocenters. The van der Waals surface area contributed by atoms with Gasteiger partial charge in [0.1, 0.15) is 11.5 Å². The summed E-state index contributed by atoms with van der Waals surface area (Å²) >= 11 is 5.89. The third kappa shape index (κ3) is 3.67. The predicted molar refractivity (Wildman–Crippen MR) is 84.9 cm³/mol. The zero-order chi connectivity index (χ0) is 15.6. The van der Waals surface area contributed by atoms with Gasteiger partial charge in [0.15, 0.2) is 0 Å². The molecule has 1 aromatic heterocycles. The van der Waals surface area contributed by atoms with Gasteiger partial charge in [-0.2, -0.15) is 0 Å². The number of benzene rings is 1. The molecule has 0 aliphatic rings. The minimum absolute atomic E-state index is 0.00851. The zero-order valence-corrected chi connectivity index (χ0v) is 13.6. The summed E-state index contributed by atoms with van der Waals surface area (Å²) in [5, 5.41) is 0.723. The van der Waals surface area contributed by atoms with E-state index in [1.54, 1.807) is 11.0 Å². The largest absolute Gasteiger partial charge is 0.466 e. The van der Waals surface area contributed by atoms with Crippen LogP contribution in [0.15, 0.2) is 34.7 Å². The van der Waals surface area contributed by atoms with Crippen LogP contribution < -0.4 is 0 Å². The van der Waals surface area contributed by atoms with E-state index in [9.17, 15) is 4.79 Å². The van der Waals surface area contributed by atoms with Gasteiger partial charge in [-0.25, -0.2) is 0 Å². The maximum Gasteiger partial charge on any atom is 0.257 e. The Morgan fingerprint density at radius 1 is 1.29 bits per heavy atom. The SMILES string of the molecule is Cc1cc(C(=O)N(C)C(C)Cc2ccc(Cl)cc2)c(C)o1. The number of amides is 1. The molecule has 0 fully saturated rings. The number of hydrogen-bond acceptors (Lipinski definition) is 2. The van der Waals surface area contributed by atoms with Crippen LogP contribution in [0.3, 0.4) is 0 Å². The Labute approximate surface area is 130 Å². The van der Waals surface area contributed by atoms with E-state index in [0.717, 1.165) is 22.8 Å². The molecule has 0 radical (unpaired) electrons. The van der Waals surface area contributed by atoms with Gasteiger partial charge in [0, 0.05) is 18.1 Å². The van der Waals surface area contributed by atoms with Crippen molar-refractivity contribution in [3.8, 4) is 0 Å². The van der Waals surface area contributed by atoms with E-state index in [2.05, 4.69) is 0 Å². The third-order valence-corrected chi connectivity index (χ3v) is 3.95. The molecule has 3 nitrogen and oxygen atoms in total. The predicted octanol–water partition coefficient (Wildman–Crippen LogP) is 4.25. The minimum atomic E-state index is -0.00851. The molecule has 4 heteroatoms. The number of aryl methyl sites for hydroxylation is 2. The summed E-state index contributed by atoms with van der Waals surface area (Å²) in [6, 6.07) is 9.61. The first kappa shape index (κ1) is 15.6. The highest BCUT2D eigenvalue weighted by atomic mass is 35.5. The van der Waals surface area contributed by atoms with Crippen LogP contribution in [-0.2, 0) is 6.42 Å². The second kappa shape index (κ2) is 6.35. The summed E-state index contributed by atoms with van der Waals surface area (Å²) in [4.78, 5) is 14.3. The number of likely N-dealkylation sites (N-methyl/N-ethyl adjacent to an activating group) is 1. The summed E-state index contributed by atoms with van der Waals surface area (Å²) in [7, 11) is 1.82. The zero-order valence-electron chi connectivity index (χ0n) is 12.8. The van der Waals surface area contributed by atoms with Crippen molar-refractivity contribution in [2.75, 3.05) is 7.05 Å². The normalized spacial score (nSPS) is 12.2. The van der Waals surface area contributed by atoms with E-state index in [4.69, 9.17) is 16.0 Å². The Balaban J connectivity index is 2.08. The molecule has 0 saturated heterocycles. The lowest BCUT2D eigenvalue weighted by Crippen LogP contribution is -2.36. The number of carbonyl (C=O) groups is 1. The summed E-state index contributed by atoms with van der Waals surface area (Å²) < 4.78 is 5.43. The molecule has 2 rings (SSSR count). The molecule has 21 heavy (non-hydrogen) atoms. The van der Waals surface area contributed by atoms with E-state index >= 15 is 0 Å². The third-order valence-electron chi connectivity index (χ3n) is 3.70. The molecular weight excluding hydrogens is 286 g/mol. The van der Waals surface area contributed by atoms with Crippen molar-refractivity contribution in [3.05, 3.63) is 58.0 Å². The highest BCUT2D eigenvalue weighted by molar-refractivity contribution is 6.30. The second-order valence-corrected chi connectivity index (χ2v) is 5.86. The van der Waals surface area contributed by atoms with E-state index < -0.39 is 0 Å². The molecule has 0 aliphatic heterocycles. The van der Waals surface area contributed by atoms with Crippen LogP contribution in [-0.4, -0.2) is 23.9 Å². The molecule has 1 atom stereocenters. The molecule has 0 spiro atoms. The van der Waals surface area contributed by atoms with E-state index in [1.165, 1.54) is 0 Å². The molecule has 1 heterocycles. The van der Waals surface area contributed by atoms with Crippen molar-refractivity contribution in [2.45, 2.75) is 33.2 Å². The first-order valence-corrected chi connectivity index (χ1v) is 7.35. The monoisotopic (exact) mass is 305 g/mol. The number of carbonyl (C=O) groups excluding carboxylic acids is 1. The number of nitrogens with zero attached hydrogens (tertiary/aromatic N) is 1. The fourth-order valence-corrected chi connectivity index (χ4v) is 2.46. The molecule has 112 valence electrons.